The number of aromatic nitrogens is 2. The molecular weight excluding hydrogens is 369 g/mol. The van der Waals surface area contributed by atoms with Gasteiger partial charge in [0, 0.05) is 27.3 Å². The first-order valence-electron chi connectivity index (χ1n) is 7.79. The van der Waals surface area contributed by atoms with E-state index in [2.05, 4.69) is 26.3 Å². The Labute approximate surface area is 147 Å². The molecule has 0 unspecified atom stereocenters. The number of hydrogen-bond donors (Lipinski definition) is 1. The minimum atomic E-state index is -0.354. The van der Waals surface area contributed by atoms with E-state index in [9.17, 15) is 4.39 Å². The standard InChI is InChI=1S/C19H17BrFN3/c1-19(2)10-13-11(6-5-9-15(13)21)17(22-19)18-12-7-4-8-14(20)16(12)23-24(18)3/h4-10,22H,1-3H3. The summed E-state index contributed by atoms with van der Waals surface area (Å²) in [6.45, 7) is 4.08. The number of rotatable bonds is 1. The summed E-state index contributed by atoms with van der Waals surface area (Å²) in [4.78, 5) is 0. The van der Waals surface area contributed by atoms with Crippen LogP contribution in [0.4, 0.5) is 4.39 Å². The van der Waals surface area contributed by atoms with Crippen molar-refractivity contribution >= 4 is 38.6 Å². The molecule has 1 aromatic heterocycles. The molecule has 24 heavy (non-hydrogen) atoms. The minimum Gasteiger partial charge on any atom is -0.374 e. The van der Waals surface area contributed by atoms with Gasteiger partial charge in [0.15, 0.2) is 0 Å². The van der Waals surface area contributed by atoms with Crippen molar-refractivity contribution in [3.05, 3.63) is 62.8 Å². The zero-order valence-electron chi connectivity index (χ0n) is 13.7. The van der Waals surface area contributed by atoms with Gasteiger partial charge in [-0.3, -0.25) is 4.68 Å². The summed E-state index contributed by atoms with van der Waals surface area (Å²) in [5, 5.41) is 10.7. The molecule has 4 rings (SSSR count). The van der Waals surface area contributed by atoms with Crippen LogP contribution in [-0.2, 0) is 7.05 Å². The lowest BCUT2D eigenvalue weighted by atomic mass is 9.95. The van der Waals surface area contributed by atoms with E-state index >= 15 is 0 Å². The lowest BCUT2D eigenvalue weighted by molar-refractivity contribution is 0.569. The molecule has 2 aromatic carbocycles. The third-order valence-corrected chi connectivity index (χ3v) is 4.97. The Morgan fingerprint density at radius 3 is 2.71 bits per heavy atom. The van der Waals surface area contributed by atoms with Gasteiger partial charge in [-0.15, -0.1) is 0 Å². The van der Waals surface area contributed by atoms with Gasteiger partial charge < -0.3 is 5.32 Å². The first-order chi connectivity index (χ1) is 11.4. The quantitative estimate of drug-likeness (QED) is 0.697. The van der Waals surface area contributed by atoms with E-state index in [1.165, 1.54) is 6.07 Å². The molecular formula is C19H17BrFN3. The molecule has 1 aliphatic heterocycles. The van der Waals surface area contributed by atoms with Crippen LogP contribution < -0.4 is 15.8 Å². The predicted molar refractivity (Wildman–Crippen MR) is 98.3 cm³/mol. The number of benzene rings is 2. The monoisotopic (exact) mass is 385 g/mol. The Hall–Kier alpha value is -2.14. The molecule has 0 saturated carbocycles. The molecule has 122 valence electrons. The maximum absolute atomic E-state index is 14.4. The first kappa shape index (κ1) is 15.4. The summed E-state index contributed by atoms with van der Waals surface area (Å²) in [5.74, 6) is -0.202. The second-order valence-electron chi connectivity index (χ2n) is 6.68. The van der Waals surface area contributed by atoms with Crippen molar-refractivity contribution in [1.82, 2.24) is 15.1 Å². The smallest absolute Gasteiger partial charge is 0.130 e. The molecule has 0 saturated heterocycles. The Balaban J connectivity index is 2.18. The van der Waals surface area contributed by atoms with Gasteiger partial charge in [0.1, 0.15) is 11.3 Å². The topological polar surface area (TPSA) is 29.9 Å². The third-order valence-electron chi connectivity index (χ3n) is 4.33. The zero-order valence-corrected chi connectivity index (χ0v) is 15.3. The van der Waals surface area contributed by atoms with Crippen molar-refractivity contribution < 1.29 is 4.39 Å². The van der Waals surface area contributed by atoms with E-state index in [0.717, 1.165) is 32.0 Å². The van der Waals surface area contributed by atoms with E-state index in [1.54, 1.807) is 6.07 Å². The van der Waals surface area contributed by atoms with Gasteiger partial charge >= 0.3 is 0 Å². The third kappa shape index (κ3) is 2.26. The first-order valence-corrected chi connectivity index (χ1v) is 8.58. The molecule has 0 spiro atoms. The normalized spacial score (nSPS) is 15.8. The molecule has 1 aliphatic rings. The summed E-state index contributed by atoms with van der Waals surface area (Å²) < 4.78 is 17.2. The Bertz CT molecular complexity index is 1100. The predicted octanol–water partition coefficient (Wildman–Crippen LogP) is 2.79. The van der Waals surface area contributed by atoms with Gasteiger partial charge in [0.2, 0.25) is 0 Å². The highest BCUT2D eigenvalue weighted by Crippen LogP contribution is 2.29. The molecule has 3 aromatic rings. The van der Waals surface area contributed by atoms with Crippen LogP contribution in [0.1, 0.15) is 19.5 Å². The zero-order chi connectivity index (χ0) is 17.1. The number of nitrogens with one attached hydrogen (secondary N) is 1. The van der Waals surface area contributed by atoms with E-state index < -0.39 is 0 Å². The average Bonchev–Trinajstić information content (AvgIpc) is 2.85. The van der Waals surface area contributed by atoms with E-state index in [4.69, 9.17) is 0 Å². The van der Waals surface area contributed by atoms with Crippen molar-refractivity contribution in [2.45, 2.75) is 19.4 Å². The number of halogens is 2. The molecule has 0 atom stereocenters. The van der Waals surface area contributed by atoms with E-state index in [0.29, 0.717) is 5.22 Å². The van der Waals surface area contributed by atoms with Crippen molar-refractivity contribution in [3.63, 3.8) is 0 Å². The minimum absolute atomic E-state index is 0.202. The second kappa shape index (κ2) is 5.18. The van der Waals surface area contributed by atoms with Gasteiger partial charge in [-0.2, -0.15) is 5.10 Å². The van der Waals surface area contributed by atoms with Crippen LogP contribution in [0.2, 0.25) is 0 Å². The fourth-order valence-corrected chi connectivity index (χ4v) is 3.80. The molecule has 5 heteroatoms. The highest BCUT2D eigenvalue weighted by molar-refractivity contribution is 9.10. The van der Waals surface area contributed by atoms with Crippen molar-refractivity contribution in [3.8, 4) is 0 Å². The molecule has 0 radical (unpaired) electrons. The fraction of sp³-hybridized carbons (Fsp3) is 0.211. The van der Waals surface area contributed by atoms with Crippen molar-refractivity contribution in [1.29, 1.82) is 0 Å². The van der Waals surface area contributed by atoms with Crippen LogP contribution in [0.3, 0.4) is 0 Å². The SMILES string of the molecule is Cn1nc2c(Br)cccc2c1C1=c2cccc(F)c2=CC(C)(C)N1. The van der Waals surface area contributed by atoms with E-state index in [1.807, 2.05) is 55.9 Å². The van der Waals surface area contributed by atoms with Gasteiger partial charge in [0.25, 0.3) is 0 Å². The van der Waals surface area contributed by atoms with Crippen LogP contribution >= 0.6 is 15.9 Å². The summed E-state index contributed by atoms with van der Waals surface area (Å²) in [5.41, 5.74) is 2.40. The summed E-state index contributed by atoms with van der Waals surface area (Å²) in [7, 11) is 1.92. The maximum Gasteiger partial charge on any atom is 0.130 e. The van der Waals surface area contributed by atoms with Gasteiger partial charge in [-0.1, -0.05) is 24.3 Å². The highest BCUT2D eigenvalue weighted by atomic mass is 79.9. The lowest BCUT2D eigenvalue weighted by Gasteiger charge is -2.29. The molecule has 2 heterocycles. The van der Waals surface area contributed by atoms with Crippen molar-refractivity contribution in [2.24, 2.45) is 7.05 Å². The molecule has 0 fully saturated rings. The number of fused-ring (bicyclic) bond motifs is 2. The highest BCUT2D eigenvalue weighted by Gasteiger charge is 2.25. The molecule has 0 aliphatic carbocycles. The maximum atomic E-state index is 14.4. The van der Waals surface area contributed by atoms with E-state index in [-0.39, 0.29) is 11.4 Å². The molecule has 0 bridgehead atoms. The molecule has 3 nitrogen and oxygen atoms in total. The number of hydrogen-bond acceptors (Lipinski definition) is 2. The number of nitrogens with zero attached hydrogens (tertiary/aromatic N) is 2. The molecule has 0 amide bonds. The van der Waals surface area contributed by atoms with Gasteiger partial charge in [-0.05, 0) is 48.0 Å². The van der Waals surface area contributed by atoms with Crippen LogP contribution in [0.15, 0.2) is 40.9 Å². The van der Waals surface area contributed by atoms with Gasteiger partial charge in [-0.25, -0.2) is 4.39 Å². The summed E-state index contributed by atoms with van der Waals surface area (Å²) in [6.07, 6.45) is 1.94. The summed E-state index contributed by atoms with van der Waals surface area (Å²) in [6, 6.07) is 11.2. The van der Waals surface area contributed by atoms with Crippen molar-refractivity contribution in [2.75, 3.05) is 0 Å². The van der Waals surface area contributed by atoms with Crippen LogP contribution in [0.5, 0.6) is 0 Å². The summed E-state index contributed by atoms with van der Waals surface area (Å²) >= 11 is 3.56. The fourth-order valence-electron chi connectivity index (χ4n) is 3.35. The Morgan fingerprint density at radius 1 is 1.17 bits per heavy atom. The Kier molecular flexibility index (Phi) is 3.32. The average molecular weight is 386 g/mol. The van der Waals surface area contributed by atoms with Crippen LogP contribution in [0, 0.1) is 5.82 Å². The van der Waals surface area contributed by atoms with Gasteiger partial charge in [0.05, 0.1) is 16.9 Å². The number of aryl methyl sites for hydroxylation is 1. The molecule has 1 N–H and O–H groups in total. The van der Waals surface area contributed by atoms with Crippen LogP contribution in [0.25, 0.3) is 22.7 Å². The Morgan fingerprint density at radius 2 is 1.92 bits per heavy atom. The lowest BCUT2D eigenvalue weighted by Crippen LogP contribution is -2.49. The second-order valence-corrected chi connectivity index (χ2v) is 7.53. The van der Waals surface area contributed by atoms with Crippen LogP contribution in [-0.4, -0.2) is 15.3 Å². The largest absolute Gasteiger partial charge is 0.374 e.